The van der Waals surface area contributed by atoms with Crippen LogP contribution in [-0.4, -0.2) is 112 Å². The van der Waals surface area contributed by atoms with Crippen molar-refractivity contribution in [1.82, 2.24) is 46.4 Å². The highest BCUT2D eigenvalue weighted by molar-refractivity contribution is 6.03. The number of cyclic esters (lactones) is 1. The van der Waals surface area contributed by atoms with Crippen LogP contribution >= 0.6 is 0 Å². The normalized spacial score (nSPS) is 18.5. The van der Waals surface area contributed by atoms with Crippen LogP contribution < -0.4 is 37.5 Å². The molecule has 1 saturated heterocycles. The quantitative estimate of drug-likeness (QED) is 0.0295. The summed E-state index contributed by atoms with van der Waals surface area (Å²) in [5, 5.41) is 27.9. The smallest absolute Gasteiger partial charge is 0.343 e. The Morgan fingerprint density at radius 2 is 1.57 bits per heavy atom. The summed E-state index contributed by atoms with van der Waals surface area (Å²) in [4.78, 5) is 134. The number of imide groups is 1. The van der Waals surface area contributed by atoms with Gasteiger partial charge in [0.1, 0.15) is 18.5 Å². The van der Waals surface area contributed by atoms with Gasteiger partial charge in [0, 0.05) is 67.3 Å². The van der Waals surface area contributed by atoms with Crippen molar-refractivity contribution in [1.29, 1.82) is 0 Å². The van der Waals surface area contributed by atoms with Crippen LogP contribution in [0.25, 0.3) is 22.3 Å². The average molecular weight is 1050 g/mol. The summed E-state index contributed by atoms with van der Waals surface area (Å²) >= 11 is 0. The van der Waals surface area contributed by atoms with E-state index in [1.54, 1.807) is 57.2 Å². The van der Waals surface area contributed by atoms with E-state index in [4.69, 9.17) is 9.72 Å². The first kappa shape index (κ1) is 54.4. The van der Waals surface area contributed by atoms with Crippen molar-refractivity contribution in [2.24, 2.45) is 5.92 Å². The van der Waals surface area contributed by atoms with E-state index in [2.05, 4.69) is 31.9 Å². The highest BCUT2D eigenvalue weighted by Crippen LogP contribution is 2.46. The van der Waals surface area contributed by atoms with E-state index in [0.717, 1.165) is 5.56 Å². The summed E-state index contributed by atoms with van der Waals surface area (Å²) in [5.41, 5.74) is 2.17. The highest BCUT2D eigenvalue weighted by Gasteiger charge is 2.46. The van der Waals surface area contributed by atoms with Crippen molar-refractivity contribution in [3.63, 3.8) is 0 Å². The van der Waals surface area contributed by atoms with Crippen LogP contribution in [0.4, 0.5) is 4.39 Å². The minimum atomic E-state index is -2.04. The molecule has 3 aliphatic heterocycles. The Balaban J connectivity index is 0.800. The van der Waals surface area contributed by atoms with Gasteiger partial charge < -0.3 is 46.3 Å². The van der Waals surface area contributed by atoms with Crippen LogP contribution in [0.15, 0.2) is 47.3 Å². The summed E-state index contributed by atoms with van der Waals surface area (Å²) in [6, 6.07) is 10.1. The van der Waals surface area contributed by atoms with E-state index in [1.165, 1.54) is 15.5 Å². The SMILES string of the molecule is CC[C@@]1(O)C(=O)OCc2c1cc1n(c2=O)Cc2c-1nc1cc(F)c(C)c3c1c2C(NC(=O)CCCNC(=O)CNC(=O)[C@H](Cc1ccccc1)NC(=O)CNC(=O)CNC(=O)CCCCCN1C(=O)CC(C)C1=O)CC3. The lowest BCUT2D eigenvalue weighted by Crippen LogP contribution is -2.52. The fourth-order valence-electron chi connectivity index (χ4n) is 10.4. The number of aliphatic hydroxyl groups is 1. The van der Waals surface area contributed by atoms with E-state index in [9.17, 15) is 53.1 Å². The highest BCUT2D eigenvalue weighted by atomic mass is 19.1. The molecule has 2 aromatic heterocycles. The number of benzene rings is 2. The number of likely N-dealkylation sites (tertiary alicyclic amines) is 1. The maximum Gasteiger partial charge on any atom is 0.343 e. The standard InChI is InChI=1S/C54H62FN9O12/c1-4-54(75)35-22-40-49-33(27-64(40)52(73)34(35)28-76-53(54)74)48-37(17-16-32-30(3)36(55)23-38(62-49)47(32)48)60-42(66)15-11-18-56-43(67)25-59-50(71)39(21-31-12-7-5-8-13-31)61-45(69)26-58-44(68)24-57-41(65)14-9-6-10-19-63-46(70)20-29(2)51(63)72/h5,7-8,12-13,22-23,29,37,39,75H,4,6,9-11,14-21,24-28H2,1-3H3,(H,56,67)(H,57,65)(H,58,68)(H,59,71)(H,60,66)(H,61,69)/t29?,37?,39-,54-/m0/s1. The molecule has 0 spiro atoms. The predicted molar refractivity (Wildman–Crippen MR) is 271 cm³/mol. The number of aromatic nitrogens is 2. The van der Waals surface area contributed by atoms with E-state index in [-0.39, 0.29) is 105 Å². The Kier molecular flexibility index (Phi) is 16.7. The van der Waals surface area contributed by atoms with Crippen molar-refractivity contribution < 1.29 is 57.4 Å². The van der Waals surface area contributed by atoms with Gasteiger partial charge in [-0.15, -0.1) is 0 Å². The minimum Gasteiger partial charge on any atom is -0.458 e. The molecule has 1 fully saturated rings. The molecular weight excluding hydrogens is 986 g/mol. The Morgan fingerprint density at radius 1 is 0.855 bits per heavy atom. The van der Waals surface area contributed by atoms with E-state index in [1.807, 2.05) is 0 Å². The van der Waals surface area contributed by atoms with Gasteiger partial charge >= 0.3 is 5.97 Å². The van der Waals surface area contributed by atoms with Gasteiger partial charge in [0.2, 0.25) is 47.3 Å². The first-order valence-corrected chi connectivity index (χ1v) is 25.7. The van der Waals surface area contributed by atoms with E-state index < -0.39 is 71.7 Å². The first-order chi connectivity index (χ1) is 36.4. The third-order valence-corrected chi connectivity index (χ3v) is 14.6. The molecule has 21 nitrogen and oxygen atoms in total. The molecular formula is C54H62FN9O12. The fourth-order valence-corrected chi connectivity index (χ4v) is 10.4. The third-order valence-electron chi connectivity index (χ3n) is 14.6. The number of halogens is 1. The number of fused-ring (bicyclic) bond motifs is 5. The molecule has 1 aliphatic carbocycles. The van der Waals surface area contributed by atoms with Crippen LogP contribution in [0.3, 0.4) is 0 Å². The van der Waals surface area contributed by atoms with Gasteiger partial charge in [-0.2, -0.15) is 0 Å². The molecule has 5 heterocycles. The molecule has 4 atom stereocenters. The van der Waals surface area contributed by atoms with Gasteiger partial charge in [-0.3, -0.25) is 48.1 Å². The number of nitrogens with zero attached hydrogens (tertiary/aromatic N) is 3. The number of ether oxygens (including phenoxy) is 1. The van der Waals surface area contributed by atoms with Crippen molar-refractivity contribution >= 4 is 64.1 Å². The number of esters is 1. The second-order valence-electron chi connectivity index (χ2n) is 19.8. The fraction of sp³-hybridized carbons (Fsp3) is 0.463. The first-order valence-electron chi connectivity index (χ1n) is 25.7. The Bertz CT molecular complexity index is 3090. The van der Waals surface area contributed by atoms with E-state index >= 15 is 4.39 Å². The lowest BCUT2D eigenvalue weighted by molar-refractivity contribution is -0.172. The van der Waals surface area contributed by atoms with Crippen molar-refractivity contribution in [2.75, 3.05) is 32.7 Å². The summed E-state index contributed by atoms with van der Waals surface area (Å²) in [7, 11) is 0. The number of unbranched alkanes of at least 4 members (excludes halogenated alkanes) is 2. The van der Waals surface area contributed by atoms with Crippen molar-refractivity contribution in [3.8, 4) is 11.4 Å². The number of carbonyl (C=O) groups excluding carboxylic acids is 9. The molecule has 8 rings (SSSR count). The molecule has 0 saturated carbocycles. The summed E-state index contributed by atoms with van der Waals surface area (Å²) in [6.07, 6.45) is 3.10. The maximum absolute atomic E-state index is 15.4. The number of hydrogen-bond acceptors (Lipinski definition) is 13. The molecule has 76 heavy (non-hydrogen) atoms. The van der Waals surface area contributed by atoms with Crippen molar-refractivity contribution in [2.45, 2.75) is 122 Å². The number of nitrogens with one attached hydrogen (secondary N) is 6. The lowest BCUT2D eigenvalue weighted by atomic mass is 9.81. The van der Waals surface area contributed by atoms with Crippen LogP contribution in [-0.2, 0) is 79.5 Å². The molecule has 0 radical (unpaired) electrons. The molecule has 402 valence electrons. The second kappa shape index (κ2) is 23.3. The zero-order valence-corrected chi connectivity index (χ0v) is 42.7. The average Bonchev–Trinajstić information content (AvgIpc) is 3.97. The Hall–Kier alpha value is -7.88. The van der Waals surface area contributed by atoms with Crippen LogP contribution in [0.5, 0.6) is 0 Å². The van der Waals surface area contributed by atoms with Gasteiger partial charge in [-0.1, -0.05) is 50.6 Å². The van der Waals surface area contributed by atoms with Crippen LogP contribution in [0.2, 0.25) is 0 Å². The number of amides is 8. The monoisotopic (exact) mass is 1050 g/mol. The molecule has 7 N–H and O–H groups in total. The summed E-state index contributed by atoms with van der Waals surface area (Å²) in [5.74, 6) is -5.25. The topological polar surface area (TPSA) is 293 Å². The summed E-state index contributed by atoms with van der Waals surface area (Å²) in [6.45, 7) is 3.84. The molecule has 22 heteroatoms. The van der Waals surface area contributed by atoms with Gasteiger partial charge in [-0.25, -0.2) is 14.2 Å². The Labute approximate surface area is 436 Å². The van der Waals surface area contributed by atoms with Gasteiger partial charge in [0.15, 0.2) is 5.60 Å². The maximum atomic E-state index is 15.4. The molecule has 2 aromatic carbocycles. The zero-order chi connectivity index (χ0) is 54.4. The molecule has 0 bridgehead atoms. The number of hydrogen-bond donors (Lipinski definition) is 7. The predicted octanol–water partition coefficient (Wildman–Crippen LogP) is 1.56. The van der Waals surface area contributed by atoms with Crippen LogP contribution in [0, 0.1) is 18.7 Å². The molecule has 4 aliphatic rings. The zero-order valence-electron chi connectivity index (χ0n) is 42.7. The van der Waals surface area contributed by atoms with E-state index in [0.29, 0.717) is 83.2 Å². The number of rotatable bonds is 22. The number of carbonyl (C=O) groups is 9. The lowest BCUT2D eigenvalue weighted by Gasteiger charge is -2.31. The molecule has 2 unspecified atom stereocenters. The minimum absolute atomic E-state index is 0.00717. The van der Waals surface area contributed by atoms with Crippen LogP contribution in [0.1, 0.15) is 117 Å². The summed E-state index contributed by atoms with van der Waals surface area (Å²) < 4.78 is 22.1. The number of aryl methyl sites for hydroxylation is 1. The largest absolute Gasteiger partial charge is 0.458 e. The van der Waals surface area contributed by atoms with Gasteiger partial charge in [0.25, 0.3) is 5.56 Å². The second-order valence-corrected chi connectivity index (χ2v) is 19.8. The van der Waals surface area contributed by atoms with Gasteiger partial charge in [-0.05, 0) is 73.8 Å². The molecule has 8 amide bonds. The number of pyridine rings is 2. The third kappa shape index (κ3) is 11.7. The van der Waals surface area contributed by atoms with Crippen molar-refractivity contribution in [3.05, 3.63) is 97.6 Å². The van der Waals surface area contributed by atoms with Gasteiger partial charge in [0.05, 0.1) is 54.7 Å². The molecule has 4 aromatic rings. The Morgan fingerprint density at radius 3 is 2.30 bits per heavy atom.